The van der Waals surface area contributed by atoms with Crippen molar-refractivity contribution in [1.82, 2.24) is 25.8 Å². The fourth-order valence-corrected chi connectivity index (χ4v) is 5.78. The maximum absolute atomic E-state index is 13.5. The number of carbonyl (C=O) groups is 3. The average molecular weight is 524 g/mol. The van der Waals surface area contributed by atoms with Crippen LogP contribution in [0.2, 0.25) is 0 Å². The van der Waals surface area contributed by atoms with Crippen LogP contribution in [0.5, 0.6) is 0 Å². The maximum atomic E-state index is 13.5. The Morgan fingerprint density at radius 2 is 1.57 bits per heavy atom. The normalized spacial score (nSPS) is 28.5. The molecular formula is C26H45N5O6. The number of hydrogen-bond acceptors (Lipinski definition) is 8. The highest BCUT2D eigenvalue weighted by molar-refractivity contribution is 5.90. The molecule has 3 saturated heterocycles. The highest BCUT2D eigenvalue weighted by Crippen LogP contribution is 2.23. The fourth-order valence-electron chi connectivity index (χ4n) is 5.78. The summed E-state index contributed by atoms with van der Waals surface area (Å²) in [5.41, 5.74) is 0. The molecule has 1 saturated carbocycles. The molecule has 3 aliphatic heterocycles. The number of amides is 3. The Bertz CT molecular complexity index is 743. The Hall–Kier alpha value is -1.79. The Labute approximate surface area is 220 Å². The van der Waals surface area contributed by atoms with Crippen LogP contribution >= 0.6 is 0 Å². The Morgan fingerprint density at radius 3 is 2.38 bits per heavy atom. The van der Waals surface area contributed by atoms with Crippen molar-refractivity contribution in [3.8, 4) is 0 Å². The molecule has 3 N–H and O–H groups in total. The molecule has 37 heavy (non-hydrogen) atoms. The van der Waals surface area contributed by atoms with Gasteiger partial charge in [0.25, 0.3) is 0 Å². The van der Waals surface area contributed by atoms with Crippen LogP contribution in [-0.4, -0.2) is 124 Å². The molecule has 0 radical (unpaired) electrons. The summed E-state index contributed by atoms with van der Waals surface area (Å²) >= 11 is 0. The van der Waals surface area contributed by atoms with Crippen molar-refractivity contribution in [2.45, 2.75) is 75.5 Å². The van der Waals surface area contributed by atoms with Gasteiger partial charge in [0, 0.05) is 57.5 Å². The molecule has 4 fully saturated rings. The first-order chi connectivity index (χ1) is 18.1. The van der Waals surface area contributed by atoms with Crippen molar-refractivity contribution in [2.75, 3.05) is 72.4 Å². The first kappa shape index (κ1) is 28.2. The lowest BCUT2D eigenvalue weighted by Gasteiger charge is -2.40. The van der Waals surface area contributed by atoms with Crippen molar-refractivity contribution in [3.05, 3.63) is 0 Å². The van der Waals surface area contributed by atoms with Crippen molar-refractivity contribution >= 4 is 17.7 Å². The van der Waals surface area contributed by atoms with Crippen LogP contribution in [0.4, 0.5) is 0 Å². The quantitative estimate of drug-likeness (QED) is 0.432. The SMILES string of the molecule is O=C1NCCOCCOCC(=O)N(CCNC2CCOCC2)CC(=O)N2CC[C@@H](NC3CCCC3)C[C@@H]12. The third-order valence-corrected chi connectivity index (χ3v) is 7.91. The molecule has 0 spiro atoms. The van der Waals surface area contributed by atoms with Gasteiger partial charge in [-0.1, -0.05) is 12.8 Å². The van der Waals surface area contributed by atoms with Crippen molar-refractivity contribution in [3.63, 3.8) is 0 Å². The minimum absolute atomic E-state index is 0.0569. The molecule has 0 aromatic heterocycles. The van der Waals surface area contributed by atoms with Gasteiger partial charge in [0.2, 0.25) is 17.7 Å². The van der Waals surface area contributed by atoms with Crippen LogP contribution in [0.1, 0.15) is 51.4 Å². The zero-order valence-electron chi connectivity index (χ0n) is 22.1. The zero-order valence-corrected chi connectivity index (χ0v) is 22.1. The molecule has 2 atom stereocenters. The second-order valence-electron chi connectivity index (χ2n) is 10.6. The van der Waals surface area contributed by atoms with E-state index in [2.05, 4.69) is 16.0 Å². The van der Waals surface area contributed by atoms with Gasteiger partial charge in [-0.15, -0.1) is 0 Å². The Morgan fingerprint density at radius 1 is 0.811 bits per heavy atom. The first-order valence-electron chi connectivity index (χ1n) is 14.2. The topological polar surface area (TPSA) is 121 Å². The van der Waals surface area contributed by atoms with Gasteiger partial charge in [0.15, 0.2) is 0 Å². The van der Waals surface area contributed by atoms with E-state index in [-0.39, 0.29) is 43.5 Å². The lowest BCUT2D eigenvalue weighted by Crippen LogP contribution is -2.59. The number of nitrogens with one attached hydrogen (secondary N) is 3. The molecule has 0 unspecified atom stereocenters. The molecule has 0 aromatic rings. The number of ether oxygens (including phenoxy) is 3. The van der Waals surface area contributed by atoms with Gasteiger partial charge in [-0.2, -0.15) is 0 Å². The highest BCUT2D eigenvalue weighted by atomic mass is 16.5. The van der Waals surface area contributed by atoms with E-state index in [1.807, 2.05) is 0 Å². The summed E-state index contributed by atoms with van der Waals surface area (Å²) in [7, 11) is 0. The molecule has 0 bridgehead atoms. The number of rotatable bonds is 6. The van der Waals surface area contributed by atoms with E-state index in [4.69, 9.17) is 14.2 Å². The molecule has 11 nitrogen and oxygen atoms in total. The standard InChI is InChI=1S/C26H45N5O6/c32-24-18-30(11-8-27-20-6-12-35-13-7-20)25(33)19-37-16-15-36-14-9-28-26(34)23-17-22(5-10-31(23)24)29-21-3-1-2-4-21/h20-23,27,29H,1-19H2,(H,28,34)/t22-,23+/m1/s1. The van der Waals surface area contributed by atoms with E-state index in [0.717, 1.165) is 32.5 Å². The number of carbonyl (C=O) groups excluding carboxylic acids is 3. The summed E-state index contributed by atoms with van der Waals surface area (Å²) in [6.07, 6.45) is 8.11. The molecule has 0 aromatic carbocycles. The Balaban J connectivity index is 1.40. The number of nitrogens with zero attached hydrogens (tertiary/aromatic N) is 2. The molecule has 3 heterocycles. The van der Waals surface area contributed by atoms with E-state index in [9.17, 15) is 14.4 Å². The number of piperidine rings is 1. The van der Waals surface area contributed by atoms with Gasteiger partial charge in [-0.05, 0) is 38.5 Å². The van der Waals surface area contributed by atoms with Gasteiger partial charge in [-0.25, -0.2) is 0 Å². The molecule has 210 valence electrons. The van der Waals surface area contributed by atoms with Crippen LogP contribution in [0.25, 0.3) is 0 Å². The summed E-state index contributed by atoms with van der Waals surface area (Å²) in [5.74, 6) is -0.569. The van der Waals surface area contributed by atoms with Crippen LogP contribution < -0.4 is 16.0 Å². The van der Waals surface area contributed by atoms with Gasteiger partial charge >= 0.3 is 0 Å². The summed E-state index contributed by atoms with van der Waals surface area (Å²) in [5, 5.41) is 10.2. The highest BCUT2D eigenvalue weighted by Gasteiger charge is 2.37. The first-order valence-corrected chi connectivity index (χ1v) is 14.2. The molecule has 4 aliphatic rings. The van der Waals surface area contributed by atoms with Gasteiger partial charge < -0.3 is 40.0 Å². The summed E-state index contributed by atoms with van der Waals surface area (Å²) in [4.78, 5) is 43.0. The fraction of sp³-hybridized carbons (Fsp3) is 0.885. The monoisotopic (exact) mass is 523 g/mol. The van der Waals surface area contributed by atoms with Crippen LogP contribution in [0.15, 0.2) is 0 Å². The molecule has 3 amide bonds. The second kappa shape index (κ2) is 15.0. The molecule has 11 heteroatoms. The molecule has 1 aliphatic carbocycles. The third kappa shape index (κ3) is 8.88. The summed E-state index contributed by atoms with van der Waals surface area (Å²) in [6.45, 7) is 4.17. The number of fused-ring (bicyclic) bond motifs is 1. The van der Waals surface area contributed by atoms with Crippen LogP contribution in [0.3, 0.4) is 0 Å². The van der Waals surface area contributed by atoms with E-state index in [0.29, 0.717) is 57.9 Å². The van der Waals surface area contributed by atoms with Gasteiger partial charge in [0.1, 0.15) is 12.6 Å². The lowest BCUT2D eigenvalue weighted by molar-refractivity contribution is -0.148. The second-order valence-corrected chi connectivity index (χ2v) is 10.6. The summed E-state index contributed by atoms with van der Waals surface area (Å²) in [6, 6.07) is 0.507. The van der Waals surface area contributed by atoms with Gasteiger partial charge in [-0.3, -0.25) is 14.4 Å². The number of hydrogen-bond donors (Lipinski definition) is 3. The van der Waals surface area contributed by atoms with E-state index in [1.165, 1.54) is 25.7 Å². The van der Waals surface area contributed by atoms with Gasteiger partial charge in [0.05, 0.1) is 26.4 Å². The smallest absolute Gasteiger partial charge is 0.249 e. The predicted molar refractivity (Wildman–Crippen MR) is 137 cm³/mol. The summed E-state index contributed by atoms with van der Waals surface area (Å²) < 4.78 is 16.5. The van der Waals surface area contributed by atoms with Crippen LogP contribution in [-0.2, 0) is 28.6 Å². The molecular weight excluding hydrogens is 478 g/mol. The van der Waals surface area contributed by atoms with E-state index in [1.54, 1.807) is 9.80 Å². The zero-order chi connectivity index (χ0) is 25.9. The van der Waals surface area contributed by atoms with E-state index < -0.39 is 6.04 Å². The van der Waals surface area contributed by atoms with Crippen molar-refractivity contribution in [2.24, 2.45) is 0 Å². The van der Waals surface area contributed by atoms with Crippen molar-refractivity contribution < 1.29 is 28.6 Å². The van der Waals surface area contributed by atoms with E-state index >= 15 is 0 Å². The predicted octanol–water partition coefficient (Wildman–Crippen LogP) is -0.362. The minimum Gasteiger partial charge on any atom is -0.381 e. The molecule has 4 rings (SSSR count). The Kier molecular flexibility index (Phi) is 11.4. The van der Waals surface area contributed by atoms with Crippen LogP contribution in [0, 0.1) is 0 Å². The minimum atomic E-state index is -0.557. The van der Waals surface area contributed by atoms with Crippen molar-refractivity contribution in [1.29, 1.82) is 0 Å². The maximum Gasteiger partial charge on any atom is 0.249 e. The average Bonchev–Trinajstić information content (AvgIpc) is 3.42. The largest absolute Gasteiger partial charge is 0.381 e. The lowest BCUT2D eigenvalue weighted by atomic mass is 9.95. The third-order valence-electron chi connectivity index (χ3n) is 7.91.